The second-order valence-electron chi connectivity index (χ2n) is 6.47. The summed E-state index contributed by atoms with van der Waals surface area (Å²) < 4.78 is 4.92. The predicted molar refractivity (Wildman–Crippen MR) is 83.1 cm³/mol. The number of rotatable bonds is 3. The molecule has 0 spiro atoms. The topological polar surface area (TPSA) is 50.4 Å². The molecule has 112 valence electrons. The number of allylic oxidation sites excluding steroid dienone is 1. The normalized spacial score (nSPS) is 30.2. The number of para-hydroxylation sites is 1. The molecule has 1 aromatic rings. The van der Waals surface area contributed by atoms with Gasteiger partial charge in [0.2, 0.25) is 0 Å². The van der Waals surface area contributed by atoms with Gasteiger partial charge < -0.3 is 10.1 Å². The highest BCUT2D eigenvalue weighted by Gasteiger charge is 2.61. The molecule has 3 atom stereocenters. The van der Waals surface area contributed by atoms with Crippen LogP contribution in [0.1, 0.15) is 25.8 Å². The van der Waals surface area contributed by atoms with E-state index in [-0.39, 0.29) is 29.0 Å². The van der Waals surface area contributed by atoms with Crippen LogP contribution in [-0.4, -0.2) is 25.3 Å². The number of carbonyl (C=O) groups is 1. The SMILES string of the molecule is C=CC(C)(C)[C@]12C[C@@H](C(=O)OC)N[C@H]1Nc1ccccc12. The van der Waals surface area contributed by atoms with E-state index in [4.69, 9.17) is 4.74 Å². The Morgan fingerprint density at radius 2 is 2.19 bits per heavy atom. The predicted octanol–water partition coefficient (Wildman–Crippen LogP) is 2.42. The van der Waals surface area contributed by atoms with Crippen LogP contribution < -0.4 is 10.6 Å². The van der Waals surface area contributed by atoms with Gasteiger partial charge in [-0.05, 0) is 23.5 Å². The Morgan fingerprint density at radius 3 is 2.86 bits per heavy atom. The van der Waals surface area contributed by atoms with Crippen molar-refractivity contribution in [3.63, 3.8) is 0 Å². The Morgan fingerprint density at radius 1 is 1.48 bits per heavy atom. The van der Waals surface area contributed by atoms with E-state index < -0.39 is 0 Å². The minimum absolute atomic E-state index is 0.00648. The molecule has 1 fully saturated rings. The zero-order valence-electron chi connectivity index (χ0n) is 12.8. The lowest BCUT2D eigenvalue weighted by molar-refractivity contribution is -0.142. The maximum absolute atomic E-state index is 12.0. The molecule has 21 heavy (non-hydrogen) atoms. The Kier molecular flexibility index (Phi) is 3.10. The molecule has 0 unspecified atom stereocenters. The van der Waals surface area contributed by atoms with Crippen LogP contribution in [0, 0.1) is 5.41 Å². The summed E-state index contributed by atoms with van der Waals surface area (Å²) in [5.74, 6) is -0.206. The molecule has 2 heterocycles. The summed E-state index contributed by atoms with van der Waals surface area (Å²) in [5.41, 5.74) is 2.02. The Balaban J connectivity index is 2.12. The number of hydrogen-bond donors (Lipinski definition) is 2. The number of hydrogen-bond acceptors (Lipinski definition) is 4. The van der Waals surface area contributed by atoms with Crippen molar-refractivity contribution in [2.75, 3.05) is 12.4 Å². The number of esters is 1. The highest BCUT2D eigenvalue weighted by Crippen LogP contribution is 2.57. The molecule has 0 radical (unpaired) electrons. The van der Waals surface area contributed by atoms with Gasteiger partial charge in [0.15, 0.2) is 0 Å². The van der Waals surface area contributed by atoms with Gasteiger partial charge in [0.25, 0.3) is 0 Å². The number of carbonyl (C=O) groups excluding carboxylic acids is 1. The minimum Gasteiger partial charge on any atom is -0.468 e. The van der Waals surface area contributed by atoms with E-state index >= 15 is 0 Å². The van der Waals surface area contributed by atoms with Crippen LogP contribution in [0.5, 0.6) is 0 Å². The van der Waals surface area contributed by atoms with Gasteiger partial charge in [-0.1, -0.05) is 38.1 Å². The molecule has 4 heteroatoms. The monoisotopic (exact) mass is 286 g/mol. The van der Waals surface area contributed by atoms with Gasteiger partial charge in [0, 0.05) is 11.1 Å². The number of fused-ring (bicyclic) bond motifs is 3. The van der Waals surface area contributed by atoms with Crippen LogP contribution in [0.2, 0.25) is 0 Å². The highest BCUT2D eigenvalue weighted by atomic mass is 16.5. The maximum atomic E-state index is 12.0. The van der Waals surface area contributed by atoms with Crippen LogP contribution >= 0.6 is 0 Å². The van der Waals surface area contributed by atoms with Crippen molar-refractivity contribution in [2.24, 2.45) is 5.41 Å². The number of benzene rings is 1. The smallest absolute Gasteiger partial charge is 0.322 e. The van der Waals surface area contributed by atoms with Crippen LogP contribution in [-0.2, 0) is 14.9 Å². The van der Waals surface area contributed by atoms with Crippen LogP contribution in [0.15, 0.2) is 36.9 Å². The Bertz CT molecular complexity index is 596. The molecule has 0 bridgehead atoms. The van der Waals surface area contributed by atoms with Crippen molar-refractivity contribution >= 4 is 11.7 Å². The van der Waals surface area contributed by atoms with Crippen molar-refractivity contribution in [1.82, 2.24) is 5.32 Å². The van der Waals surface area contributed by atoms with Crippen LogP contribution in [0.4, 0.5) is 5.69 Å². The number of anilines is 1. The fourth-order valence-electron chi connectivity index (χ4n) is 3.88. The molecule has 4 nitrogen and oxygen atoms in total. The summed E-state index contributed by atoms with van der Waals surface area (Å²) in [6.07, 6.45) is 2.70. The van der Waals surface area contributed by atoms with Gasteiger partial charge >= 0.3 is 5.97 Å². The lowest BCUT2D eigenvalue weighted by Crippen LogP contribution is -2.49. The van der Waals surface area contributed by atoms with Gasteiger partial charge in [-0.3, -0.25) is 10.1 Å². The average Bonchev–Trinajstić information content (AvgIpc) is 3.00. The zero-order valence-corrected chi connectivity index (χ0v) is 12.8. The van der Waals surface area contributed by atoms with E-state index in [0.29, 0.717) is 6.42 Å². The molecular weight excluding hydrogens is 264 g/mol. The van der Waals surface area contributed by atoms with Crippen molar-refractivity contribution in [3.05, 3.63) is 42.5 Å². The maximum Gasteiger partial charge on any atom is 0.322 e. The van der Waals surface area contributed by atoms with E-state index in [2.05, 4.69) is 49.3 Å². The quantitative estimate of drug-likeness (QED) is 0.662. The largest absolute Gasteiger partial charge is 0.468 e. The van der Waals surface area contributed by atoms with Crippen LogP contribution in [0.3, 0.4) is 0 Å². The van der Waals surface area contributed by atoms with E-state index in [1.165, 1.54) is 12.7 Å². The first kappa shape index (κ1) is 14.1. The molecular formula is C17H22N2O2. The fraction of sp³-hybridized carbons (Fsp3) is 0.471. The van der Waals surface area contributed by atoms with E-state index in [1.54, 1.807) is 0 Å². The van der Waals surface area contributed by atoms with E-state index in [9.17, 15) is 4.79 Å². The lowest BCUT2D eigenvalue weighted by atomic mass is 9.60. The second-order valence-corrected chi connectivity index (χ2v) is 6.47. The molecule has 0 saturated carbocycles. The molecule has 2 N–H and O–H groups in total. The summed E-state index contributed by atoms with van der Waals surface area (Å²) in [7, 11) is 1.44. The summed E-state index contributed by atoms with van der Waals surface area (Å²) >= 11 is 0. The minimum atomic E-state index is -0.292. The second kappa shape index (κ2) is 4.60. The first-order valence-electron chi connectivity index (χ1n) is 7.30. The van der Waals surface area contributed by atoms with Gasteiger partial charge in [-0.15, -0.1) is 6.58 Å². The van der Waals surface area contributed by atoms with Gasteiger partial charge in [-0.2, -0.15) is 0 Å². The van der Waals surface area contributed by atoms with Gasteiger partial charge in [-0.25, -0.2) is 0 Å². The molecule has 0 aliphatic carbocycles. The van der Waals surface area contributed by atoms with Crippen molar-refractivity contribution < 1.29 is 9.53 Å². The summed E-state index contributed by atoms with van der Waals surface area (Å²) in [4.78, 5) is 12.0. The van der Waals surface area contributed by atoms with E-state index in [0.717, 1.165) is 5.69 Å². The molecule has 2 aliphatic rings. The van der Waals surface area contributed by atoms with Gasteiger partial charge in [0.1, 0.15) is 6.04 Å². The van der Waals surface area contributed by atoms with Crippen molar-refractivity contribution in [1.29, 1.82) is 0 Å². The third-order valence-electron chi connectivity index (χ3n) is 5.24. The fourth-order valence-corrected chi connectivity index (χ4v) is 3.88. The standard InChI is InChI=1S/C17H22N2O2/c1-5-16(2,3)17-10-13(14(20)21-4)19-15(17)18-12-9-7-6-8-11(12)17/h5-9,13,15,18-19H,1,10H2,2-4H3/t13-,15+,17-/m0/s1. The van der Waals surface area contributed by atoms with Crippen LogP contribution in [0.25, 0.3) is 0 Å². The average molecular weight is 286 g/mol. The number of methoxy groups -OCH3 is 1. The third kappa shape index (κ3) is 1.75. The van der Waals surface area contributed by atoms with E-state index in [1.807, 2.05) is 12.1 Å². The summed E-state index contributed by atoms with van der Waals surface area (Å²) in [6, 6.07) is 8.02. The van der Waals surface area contributed by atoms with Gasteiger partial charge in [0.05, 0.1) is 13.3 Å². The summed E-state index contributed by atoms with van der Waals surface area (Å²) in [6.45, 7) is 8.38. The highest BCUT2D eigenvalue weighted by molar-refractivity contribution is 5.78. The first-order valence-corrected chi connectivity index (χ1v) is 7.30. The number of nitrogens with one attached hydrogen (secondary N) is 2. The van der Waals surface area contributed by atoms with Crippen molar-refractivity contribution in [2.45, 2.75) is 37.9 Å². The Hall–Kier alpha value is -1.81. The Labute approximate surface area is 125 Å². The molecule has 0 amide bonds. The molecule has 3 rings (SSSR count). The number of ether oxygens (including phenoxy) is 1. The summed E-state index contributed by atoms with van der Waals surface area (Å²) in [5, 5.41) is 6.92. The molecule has 1 saturated heterocycles. The molecule has 1 aromatic carbocycles. The molecule has 0 aromatic heterocycles. The molecule has 2 aliphatic heterocycles. The first-order chi connectivity index (χ1) is 9.96. The third-order valence-corrected chi connectivity index (χ3v) is 5.24. The van der Waals surface area contributed by atoms with Crippen molar-refractivity contribution in [3.8, 4) is 0 Å². The lowest BCUT2D eigenvalue weighted by Gasteiger charge is -2.42. The zero-order chi connectivity index (χ0) is 15.3.